The molecule has 1 saturated heterocycles. The van der Waals surface area contributed by atoms with Crippen LogP contribution in [0, 0.1) is 0 Å². The van der Waals surface area contributed by atoms with E-state index in [2.05, 4.69) is 0 Å². The van der Waals surface area contributed by atoms with Crippen LogP contribution in [0.15, 0.2) is 18.2 Å². The molecule has 0 radical (unpaired) electrons. The topological polar surface area (TPSA) is 83.9 Å². The highest BCUT2D eigenvalue weighted by Gasteiger charge is 2.39. The van der Waals surface area contributed by atoms with Gasteiger partial charge in [0.15, 0.2) is 6.10 Å². The van der Waals surface area contributed by atoms with Gasteiger partial charge in [0, 0.05) is 5.02 Å². The quantitative estimate of drug-likeness (QED) is 0.855. The lowest BCUT2D eigenvalue weighted by atomic mass is 10.1. The summed E-state index contributed by atoms with van der Waals surface area (Å²) in [5, 5.41) is 9.33. The number of ether oxygens (including phenoxy) is 1. The number of anilines is 1. The van der Waals surface area contributed by atoms with Crippen LogP contribution in [-0.4, -0.2) is 41.5 Å². The number of carboxylic acids is 1. The Balaban J connectivity index is 1.81. The second-order valence-corrected chi connectivity index (χ2v) is 5.51. The lowest BCUT2D eigenvalue weighted by Crippen LogP contribution is -2.37. The van der Waals surface area contributed by atoms with Crippen molar-refractivity contribution in [3.8, 4) is 0 Å². The van der Waals surface area contributed by atoms with Crippen molar-refractivity contribution in [3.05, 3.63) is 28.8 Å². The summed E-state index contributed by atoms with van der Waals surface area (Å²) in [6.07, 6.45) is -0.307. The Bertz CT molecular complexity index is 644. The van der Waals surface area contributed by atoms with Crippen molar-refractivity contribution < 1.29 is 24.2 Å². The van der Waals surface area contributed by atoms with Crippen molar-refractivity contribution >= 4 is 34.9 Å². The van der Waals surface area contributed by atoms with E-state index in [1.165, 1.54) is 11.0 Å². The molecule has 0 spiro atoms. The summed E-state index contributed by atoms with van der Waals surface area (Å²) in [7, 11) is 0. The van der Waals surface area contributed by atoms with E-state index < -0.39 is 29.9 Å². The monoisotopic (exact) mass is 309 g/mol. The largest absolute Gasteiger partial charge is 0.479 e. The Morgan fingerprint density at radius 1 is 1.38 bits per heavy atom. The van der Waals surface area contributed by atoms with E-state index in [0.29, 0.717) is 29.1 Å². The molecule has 1 aromatic rings. The molecule has 2 atom stereocenters. The average Bonchev–Trinajstić information content (AvgIpc) is 2.99. The van der Waals surface area contributed by atoms with Crippen molar-refractivity contribution in [3.63, 3.8) is 0 Å². The summed E-state index contributed by atoms with van der Waals surface area (Å²) in [6.45, 7) is 0.154. The van der Waals surface area contributed by atoms with Gasteiger partial charge in [-0.2, -0.15) is 0 Å². The van der Waals surface area contributed by atoms with Crippen LogP contribution in [0.1, 0.15) is 23.2 Å². The second-order valence-electron chi connectivity index (χ2n) is 5.07. The summed E-state index contributed by atoms with van der Waals surface area (Å²) in [6, 6.07) is 4.64. The third-order valence-corrected chi connectivity index (χ3v) is 3.94. The highest BCUT2D eigenvalue weighted by Crippen LogP contribution is 2.33. The normalized spacial score (nSPS) is 24.5. The Kier molecular flexibility index (Phi) is 3.43. The first-order valence-electron chi connectivity index (χ1n) is 6.51. The minimum absolute atomic E-state index is 0.154. The third-order valence-electron chi connectivity index (χ3n) is 3.70. The van der Waals surface area contributed by atoms with Crippen LogP contribution in [-0.2, 0) is 14.3 Å². The number of benzene rings is 1. The number of hydrogen-bond acceptors (Lipinski definition) is 4. The van der Waals surface area contributed by atoms with Gasteiger partial charge in [-0.1, -0.05) is 11.6 Å². The number of hydrogen-bond donors (Lipinski definition) is 1. The summed E-state index contributed by atoms with van der Waals surface area (Å²) >= 11 is 5.91. The summed E-state index contributed by atoms with van der Waals surface area (Å²) < 4.78 is 5.38. The average molecular weight is 310 g/mol. The molecule has 1 amide bonds. The summed E-state index contributed by atoms with van der Waals surface area (Å²) in [4.78, 5) is 36.1. The standard InChI is InChI=1S/C14H12ClNO5/c15-7-1-3-9-10(5-7)16(13(18)12(9)17)6-8-2-4-11(21-8)14(19)20/h1,3,5,8,11H,2,4,6H2,(H,19,20). The lowest BCUT2D eigenvalue weighted by molar-refractivity contribution is -0.149. The van der Waals surface area contributed by atoms with Gasteiger partial charge in [0.1, 0.15) is 0 Å². The van der Waals surface area contributed by atoms with Crippen molar-refractivity contribution in [2.24, 2.45) is 0 Å². The van der Waals surface area contributed by atoms with E-state index in [-0.39, 0.29) is 6.54 Å². The predicted octanol–water partition coefficient (Wildman–Crippen LogP) is 1.50. The molecule has 1 aromatic carbocycles. The summed E-state index contributed by atoms with van der Waals surface area (Å²) in [5.41, 5.74) is 0.775. The van der Waals surface area contributed by atoms with Crippen LogP contribution in [0.3, 0.4) is 0 Å². The summed E-state index contributed by atoms with van der Waals surface area (Å²) in [5.74, 6) is -2.21. The highest BCUT2D eigenvalue weighted by molar-refractivity contribution is 6.52. The SMILES string of the molecule is O=C1C(=O)N(CC2CCC(C(=O)O)O2)c2cc(Cl)ccc21. The maximum absolute atomic E-state index is 12.0. The molecule has 0 bridgehead atoms. The van der Waals surface area contributed by atoms with Gasteiger partial charge in [-0.05, 0) is 31.0 Å². The number of halogens is 1. The molecule has 3 rings (SSSR count). The number of carbonyl (C=O) groups excluding carboxylic acids is 2. The maximum atomic E-state index is 12.0. The van der Waals surface area contributed by atoms with Crippen molar-refractivity contribution in [2.75, 3.05) is 11.4 Å². The first kappa shape index (κ1) is 14.0. The zero-order valence-corrected chi connectivity index (χ0v) is 11.7. The van der Waals surface area contributed by atoms with E-state index in [0.717, 1.165) is 0 Å². The third kappa shape index (κ3) is 2.41. The van der Waals surface area contributed by atoms with Crippen molar-refractivity contribution in [1.82, 2.24) is 0 Å². The number of carbonyl (C=O) groups is 3. The van der Waals surface area contributed by atoms with Crippen LogP contribution in [0.5, 0.6) is 0 Å². The van der Waals surface area contributed by atoms with Gasteiger partial charge in [-0.25, -0.2) is 4.79 Å². The molecule has 2 aliphatic heterocycles. The van der Waals surface area contributed by atoms with Crippen LogP contribution in [0.4, 0.5) is 5.69 Å². The fourth-order valence-electron chi connectivity index (χ4n) is 2.67. The molecule has 0 aromatic heterocycles. The first-order valence-corrected chi connectivity index (χ1v) is 6.89. The highest BCUT2D eigenvalue weighted by atomic mass is 35.5. The number of nitrogens with zero attached hydrogens (tertiary/aromatic N) is 1. The molecule has 6 nitrogen and oxygen atoms in total. The number of ketones is 1. The van der Waals surface area contributed by atoms with Gasteiger partial charge in [0.25, 0.3) is 11.7 Å². The predicted molar refractivity (Wildman–Crippen MR) is 73.7 cm³/mol. The number of aliphatic carboxylic acids is 1. The molecule has 2 unspecified atom stereocenters. The molecule has 7 heteroatoms. The van der Waals surface area contributed by atoms with Gasteiger partial charge >= 0.3 is 5.97 Å². The molecule has 2 aliphatic rings. The lowest BCUT2D eigenvalue weighted by Gasteiger charge is -2.20. The number of rotatable bonds is 3. The first-order chi connectivity index (χ1) is 9.97. The molecule has 110 valence electrons. The number of carboxylic acid groups (broad SMARTS) is 1. The Labute approximate surface area is 125 Å². The number of Topliss-reactive ketones (excluding diaryl/α,β-unsaturated/α-hetero) is 1. The van der Waals surface area contributed by atoms with Gasteiger partial charge in [-0.3, -0.25) is 9.59 Å². The maximum Gasteiger partial charge on any atom is 0.332 e. The molecule has 0 aliphatic carbocycles. The van der Waals surface area contributed by atoms with Crippen LogP contribution in [0.2, 0.25) is 5.02 Å². The molecular formula is C14H12ClNO5. The molecule has 0 saturated carbocycles. The van der Waals surface area contributed by atoms with E-state index >= 15 is 0 Å². The molecule has 1 N–H and O–H groups in total. The van der Waals surface area contributed by atoms with E-state index in [1.807, 2.05) is 0 Å². The molecule has 1 fully saturated rings. The minimum atomic E-state index is -1.01. The van der Waals surface area contributed by atoms with Gasteiger partial charge in [0.05, 0.1) is 23.9 Å². The van der Waals surface area contributed by atoms with Crippen LogP contribution >= 0.6 is 11.6 Å². The van der Waals surface area contributed by atoms with E-state index in [9.17, 15) is 14.4 Å². The van der Waals surface area contributed by atoms with Gasteiger partial charge < -0.3 is 14.7 Å². The van der Waals surface area contributed by atoms with Gasteiger partial charge in [0.2, 0.25) is 0 Å². The Hall–Kier alpha value is -1.92. The van der Waals surface area contributed by atoms with Gasteiger partial charge in [-0.15, -0.1) is 0 Å². The Morgan fingerprint density at radius 2 is 2.14 bits per heavy atom. The number of amides is 1. The number of fused-ring (bicyclic) bond motifs is 1. The van der Waals surface area contributed by atoms with Crippen molar-refractivity contribution in [1.29, 1.82) is 0 Å². The van der Waals surface area contributed by atoms with Crippen LogP contribution < -0.4 is 4.90 Å². The van der Waals surface area contributed by atoms with E-state index in [1.54, 1.807) is 12.1 Å². The molecular weight excluding hydrogens is 298 g/mol. The molecule has 2 heterocycles. The zero-order chi connectivity index (χ0) is 15.1. The fraction of sp³-hybridized carbons (Fsp3) is 0.357. The van der Waals surface area contributed by atoms with Crippen LogP contribution in [0.25, 0.3) is 0 Å². The van der Waals surface area contributed by atoms with Crippen molar-refractivity contribution in [2.45, 2.75) is 25.0 Å². The Morgan fingerprint density at radius 3 is 2.81 bits per heavy atom. The minimum Gasteiger partial charge on any atom is -0.479 e. The fourth-order valence-corrected chi connectivity index (χ4v) is 2.84. The second kappa shape index (κ2) is 5.13. The smallest absolute Gasteiger partial charge is 0.332 e. The van der Waals surface area contributed by atoms with E-state index in [4.69, 9.17) is 21.4 Å². The zero-order valence-electron chi connectivity index (χ0n) is 10.9. The molecule has 21 heavy (non-hydrogen) atoms.